The smallest absolute Gasteiger partial charge is 0.252 e. The molecule has 1 aliphatic rings. The maximum Gasteiger partial charge on any atom is 0.252 e. The predicted molar refractivity (Wildman–Crippen MR) is 97.0 cm³/mol. The van der Waals surface area contributed by atoms with Crippen LogP contribution in [-0.2, 0) is 35.5 Å². The molecule has 0 aliphatic heterocycles. The molecule has 2 N–H and O–H groups in total. The van der Waals surface area contributed by atoms with Gasteiger partial charge in [-0.05, 0) is 42.0 Å². The lowest BCUT2D eigenvalue weighted by molar-refractivity contribution is -0.141. The van der Waals surface area contributed by atoms with Gasteiger partial charge in [-0.2, -0.15) is 0 Å². The summed E-state index contributed by atoms with van der Waals surface area (Å²) >= 11 is 0. The van der Waals surface area contributed by atoms with Crippen LogP contribution in [0.15, 0.2) is 48.5 Å². The van der Waals surface area contributed by atoms with Gasteiger partial charge in [0.05, 0.1) is 6.61 Å². The molecule has 0 radical (unpaired) electrons. The highest BCUT2D eigenvalue weighted by Crippen LogP contribution is 2.29. The second kappa shape index (κ2) is 7.81. The van der Waals surface area contributed by atoms with E-state index in [1.54, 1.807) is 0 Å². The van der Waals surface area contributed by atoms with Gasteiger partial charge in [0.2, 0.25) is 0 Å². The summed E-state index contributed by atoms with van der Waals surface area (Å²) in [5.74, 6) is -0.298. The predicted octanol–water partition coefficient (Wildman–Crippen LogP) is 2.76. The SMILES string of the molecule is CCOCc1ccccc1CNC(=O)C1(O)CCc2ccccc2C1. The minimum atomic E-state index is -1.33. The quantitative estimate of drug-likeness (QED) is 0.851. The molecule has 0 heterocycles. The van der Waals surface area contributed by atoms with Crippen LogP contribution >= 0.6 is 0 Å². The first kappa shape index (κ1) is 17.6. The molecule has 1 aliphatic carbocycles. The number of amides is 1. The number of nitrogens with one attached hydrogen (secondary N) is 1. The fourth-order valence-electron chi connectivity index (χ4n) is 3.34. The molecule has 2 aromatic carbocycles. The molecule has 2 aromatic rings. The minimum Gasteiger partial charge on any atom is -0.380 e. The van der Waals surface area contributed by atoms with Gasteiger partial charge in [0.1, 0.15) is 5.60 Å². The van der Waals surface area contributed by atoms with E-state index in [-0.39, 0.29) is 5.91 Å². The monoisotopic (exact) mass is 339 g/mol. The highest BCUT2D eigenvalue weighted by molar-refractivity contribution is 5.85. The molecule has 4 nitrogen and oxygen atoms in total. The molecular formula is C21H25NO3. The molecule has 0 bridgehead atoms. The summed E-state index contributed by atoms with van der Waals surface area (Å²) in [5, 5.41) is 13.8. The molecule has 1 atom stereocenters. The molecule has 0 fully saturated rings. The summed E-state index contributed by atoms with van der Waals surface area (Å²) in [6.45, 7) is 3.53. The summed E-state index contributed by atoms with van der Waals surface area (Å²) in [7, 11) is 0. The molecule has 0 aromatic heterocycles. The Labute approximate surface area is 148 Å². The number of rotatable bonds is 6. The van der Waals surface area contributed by atoms with Crippen LogP contribution in [0.5, 0.6) is 0 Å². The van der Waals surface area contributed by atoms with Gasteiger partial charge in [-0.3, -0.25) is 4.79 Å². The highest BCUT2D eigenvalue weighted by atomic mass is 16.5. The lowest BCUT2D eigenvalue weighted by Gasteiger charge is -2.32. The fraction of sp³-hybridized carbons (Fsp3) is 0.381. The molecule has 25 heavy (non-hydrogen) atoms. The van der Waals surface area contributed by atoms with E-state index in [2.05, 4.69) is 11.4 Å². The van der Waals surface area contributed by atoms with E-state index in [4.69, 9.17) is 4.74 Å². The molecule has 4 heteroatoms. The van der Waals surface area contributed by atoms with Crippen molar-refractivity contribution in [3.63, 3.8) is 0 Å². The Hall–Kier alpha value is -2.17. The number of carbonyl (C=O) groups excluding carboxylic acids is 1. The third-order valence-corrected chi connectivity index (χ3v) is 4.85. The van der Waals surface area contributed by atoms with Gasteiger partial charge in [-0.1, -0.05) is 48.5 Å². The van der Waals surface area contributed by atoms with Crippen LogP contribution in [0.4, 0.5) is 0 Å². The van der Waals surface area contributed by atoms with E-state index in [1.165, 1.54) is 5.56 Å². The Morgan fingerprint density at radius 1 is 1.12 bits per heavy atom. The summed E-state index contributed by atoms with van der Waals surface area (Å²) in [6, 6.07) is 15.9. The van der Waals surface area contributed by atoms with Gasteiger partial charge in [0.25, 0.3) is 5.91 Å². The molecule has 0 spiro atoms. The lowest BCUT2D eigenvalue weighted by atomic mass is 9.80. The zero-order valence-electron chi connectivity index (χ0n) is 14.6. The van der Waals surface area contributed by atoms with Crippen molar-refractivity contribution in [1.82, 2.24) is 5.32 Å². The second-order valence-corrected chi connectivity index (χ2v) is 6.57. The van der Waals surface area contributed by atoms with Crippen LogP contribution in [0.3, 0.4) is 0 Å². The lowest BCUT2D eigenvalue weighted by Crippen LogP contribution is -2.50. The van der Waals surface area contributed by atoms with Crippen molar-refractivity contribution in [2.45, 2.75) is 44.9 Å². The Balaban J connectivity index is 1.65. The second-order valence-electron chi connectivity index (χ2n) is 6.57. The van der Waals surface area contributed by atoms with Gasteiger partial charge >= 0.3 is 0 Å². The molecule has 0 saturated heterocycles. The Bertz CT molecular complexity index is 743. The third-order valence-electron chi connectivity index (χ3n) is 4.85. The minimum absolute atomic E-state index is 0.298. The summed E-state index contributed by atoms with van der Waals surface area (Å²) in [5.41, 5.74) is 3.03. The molecule has 3 rings (SSSR count). The number of fused-ring (bicyclic) bond motifs is 1. The van der Waals surface area contributed by atoms with Crippen molar-refractivity contribution in [2.24, 2.45) is 0 Å². The highest BCUT2D eigenvalue weighted by Gasteiger charge is 2.38. The van der Waals surface area contributed by atoms with Crippen molar-refractivity contribution in [1.29, 1.82) is 0 Å². The summed E-state index contributed by atoms with van der Waals surface area (Å²) in [6.07, 6.45) is 1.55. The molecule has 132 valence electrons. The normalized spacial score (nSPS) is 19.3. The van der Waals surface area contributed by atoms with E-state index < -0.39 is 5.60 Å². The topological polar surface area (TPSA) is 58.6 Å². The molecule has 0 saturated carbocycles. The fourth-order valence-corrected chi connectivity index (χ4v) is 3.34. The van der Waals surface area contributed by atoms with E-state index in [0.717, 1.165) is 23.1 Å². The van der Waals surface area contributed by atoms with Crippen LogP contribution in [0, 0.1) is 0 Å². The number of aryl methyl sites for hydroxylation is 1. The average molecular weight is 339 g/mol. The Kier molecular flexibility index (Phi) is 5.51. The Morgan fingerprint density at radius 3 is 2.56 bits per heavy atom. The number of ether oxygens (including phenoxy) is 1. The summed E-state index contributed by atoms with van der Waals surface area (Å²) in [4.78, 5) is 12.6. The molecule has 1 amide bonds. The average Bonchev–Trinajstić information content (AvgIpc) is 2.65. The Morgan fingerprint density at radius 2 is 1.80 bits per heavy atom. The van der Waals surface area contributed by atoms with Crippen molar-refractivity contribution in [2.75, 3.05) is 6.61 Å². The van der Waals surface area contributed by atoms with E-state index in [1.807, 2.05) is 49.4 Å². The third kappa shape index (κ3) is 4.09. The first-order valence-electron chi connectivity index (χ1n) is 8.84. The van der Waals surface area contributed by atoms with E-state index in [9.17, 15) is 9.90 Å². The van der Waals surface area contributed by atoms with E-state index in [0.29, 0.717) is 32.6 Å². The van der Waals surface area contributed by atoms with Crippen molar-refractivity contribution >= 4 is 5.91 Å². The number of benzene rings is 2. The number of hydrogen-bond acceptors (Lipinski definition) is 3. The van der Waals surface area contributed by atoms with E-state index >= 15 is 0 Å². The zero-order chi connectivity index (χ0) is 17.7. The molecule has 1 unspecified atom stereocenters. The van der Waals surface area contributed by atoms with Gasteiger partial charge in [-0.15, -0.1) is 0 Å². The molecular weight excluding hydrogens is 314 g/mol. The first-order valence-corrected chi connectivity index (χ1v) is 8.84. The summed E-state index contributed by atoms with van der Waals surface area (Å²) < 4.78 is 5.48. The van der Waals surface area contributed by atoms with Gasteiger partial charge < -0.3 is 15.2 Å². The van der Waals surface area contributed by atoms with Gasteiger partial charge in [-0.25, -0.2) is 0 Å². The maximum atomic E-state index is 12.6. The number of carbonyl (C=O) groups is 1. The van der Waals surface area contributed by atoms with Gasteiger partial charge in [0.15, 0.2) is 0 Å². The van der Waals surface area contributed by atoms with Crippen molar-refractivity contribution in [3.8, 4) is 0 Å². The van der Waals surface area contributed by atoms with Crippen LogP contribution in [0.2, 0.25) is 0 Å². The zero-order valence-corrected chi connectivity index (χ0v) is 14.6. The standard InChI is InChI=1S/C21H25NO3/c1-2-25-15-19-10-6-5-9-18(19)14-22-20(23)21(24)12-11-16-7-3-4-8-17(16)13-21/h3-10,24H,2,11-15H2,1H3,(H,22,23). The van der Waals surface area contributed by atoms with Crippen molar-refractivity contribution < 1.29 is 14.6 Å². The number of hydrogen-bond donors (Lipinski definition) is 2. The largest absolute Gasteiger partial charge is 0.380 e. The van der Waals surface area contributed by atoms with Crippen LogP contribution in [0.25, 0.3) is 0 Å². The van der Waals surface area contributed by atoms with Crippen LogP contribution in [0.1, 0.15) is 35.6 Å². The first-order chi connectivity index (χ1) is 12.1. The number of aliphatic hydroxyl groups is 1. The van der Waals surface area contributed by atoms with Crippen LogP contribution in [-0.4, -0.2) is 23.2 Å². The maximum absolute atomic E-state index is 12.6. The van der Waals surface area contributed by atoms with Gasteiger partial charge in [0, 0.05) is 19.6 Å². The van der Waals surface area contributed by atoms with Crippen LogP contribution < -0.4 is 5.32 Å². The van der Waals surface area contributed by atoms with Crippen molar-refractivity contribution in [3.05, 3.63) is 70.8 Å².